The molecule has 10 nitrogen and oxygen atoms in total. The highest BCUT2D eigenvalue weighted by molar-refractivity contribution is 5.94. The Hall–Kier alpha value is -4.37. The van der Waals surface area contributed by atoms with E-state index in [2.05, 4.69) is 32.9 Å². The van der Waals surface area contributed by atoms with Crippen molar-refractivity contribution < 1.29 is 18.7 Å². The fourth-order valence-corrected chi connectivity index (χ4v) is 4.71. The Kier molecular flexibility index (Phi) is 8.16. The second-order valence-electron chi connectivity index (χ2n) is 10.0. The molecule has 1 saturated heterocycles. The predicted octanol–water partition coefficient (Wildman–Crippen LogP) is 3.23. The minimum atomic E-state index is -0.811. The smallest absolute Gasteiger partial charge is 0.255 e. The number of carbonyl (C=O) groups is 1. The van der Waals surface area contributed by atoms with Crippen molar-refractivity contribution in [1.29, 1.82) is 0 Å². The highest BCUT2D eigenvalue weighted by atomic mass is 19.1. The molecule has 210 valence electrons. The van der Waals surface area contributed by atoms with Crippen LogP contribution in [0.5, 0.6) is 0 Å². The molecule has 0 unspecified atom stereocenters. The number of aryl methyl sites for hydroxylation is 1. The van der Waals surface area contributed by atoms with Gasteiger partial charge in [0.05, 0.1) is 16.6 Å². The molecule has 0 saturated carbocycles. The third-order valence-corrected chi connectivity index (χ3v) is 7.31. The molecule has 1 aliphatic rings. The molecule has 4 heterocycles. The largest absolute Gasteiger partial charge is 0.386 e. The number of halogens is 2. The van der Waals surface area contributed by atoms with Gasteiger partial charge in [0.2, 0.25) is 5.95 Å². The number of nitrogens with zero attached hydrogens (tertiary/aromatic N) is 7. The number of hydrogen-bond acceptors (Lipinski definition) is 8. The van der Waals surface area contributed by atoms with Crippen molar-refractivity contribution in [3.8, 4) is 12.8 Å². The molecule has 1 fully saturated rings. The van der Waals surface area contributed by atoms with E-state index in [4.69, 9.17) is 5.73 Å². The number of rotatable bonds is 8. The number of fused-ring (bicyclic) bond motifs is 3. The highest BCUT2D eigenvalue weighted by Crippen LogP contribution is 2.29. The molecule has 40 heavy (non-hydrogen) atoms. The standard InChI is InChI=1S/C26H30F2N8O2.C2H2/c1-4-26(38)13-35(14-26)21-9-8-16(12-30-21)24(37)34(3)15(2)6-5-7-20-31-23-18-10-17(27)11-19(28)22(18)32-25(29)36(23)33-20;1-2/h8-12,15,38H,4-7,13-14H2,1-3H3,(H2,29,32);1-2H/t15-;/m0./s1. The summed E-state index contributed by atoms with van der Waals surface area (Å²) in [6.45, 7) is 4.99. The molecule has 1 aromatic carbocycles. The lowest BCUT2D eigenvalue weighted by molar-refractivity contribution is 0.00805. The molecule has 0 bridgehead atoms. The van der Waals surface area contributed by atoms with E-state index in [1.807, 2.05) is 18.7 Å². The first kappa shape index (κ1) is 28.6. The second kappa shape index (κ2) is 11.4. The van der Waals surface area contributed by atoms with E-state index in [0.717, 1.165) is 18.0 Å². The summed E-state index contributed by atoms with van der Waals surface area (Å²) in [4.78, 5) is 29.5. The van der Waals surface area contributed by atoms with E-state index < -0.39 is 17.2 Å². The van der Waals surface area contributed by atoms with Gasteiger partial charge >= 0.3 is 0 Å². The maximum atomic E-state index is 14.2. The van der Waals surface area contributed by atoms with Crippen molar-refractivity contribution in [2.75, 3.05) is 30.8 Å². The quantitative estimate of drug-likeness (QED) is 0.321. The number of nitrogen functional groups attached to an aromatic ring is 1. The van der Waals surface area contributed by atoms with Crippen LogP contribution in [0.1, 0.15) is 49.3 Å². The van der Waals surface area contributed by atoms with Crippen LogP contribution in [0.4, 0.5) is 20.5 Å². The molecule has 3 N–H and O–H groups in total. The lowest BCUT2D eigenvalue weighted by Crippen LogP contribution is -2.61. The summed E-state index contributed by atoms with van der Waals surface area (Å²) in [6, 6.07) is 5.41. The zero-order valence-electron chi connectivity index (χ0n) is 22.7. The van der Waals surface area contributed by atoms with Gasteiger partial charge < -0.3 is 20.6 Å². The van der Waals surface area contributed by atoms with Gasteiger partial charge in [-0.15, -0.1) is 17.9 Å². The second-order valence-corrected chi connectivity index (χ2v) is 10.0. The van der Waals surface area contributed by atoms with Crippen LogP contribution in [-0.4, -0.2) is 72.3 Å². The van der Waals surface area contributed by atoms with Crippen molar-refractivity contribution in [3.05, 3.63) is 53.5 Å². The number of aromatic nitrogens is 5. The van der Waals surface area contributed by atoms with Gasteiger partial charge in [-0.2, -0.15) is 4.52 Å². The highest BCUT2D eigenvalue weighted by Gasteiger charge is 2.40. The summed E-state index contributed by atoms with van der Waals surface area (Å²) in [6.07, 6.45) is 12.1. The number of carbonyl (C=O) groups excluding carboxylic acids is 1. The van der Waals surface area contributed by atoms with Crippen LogP contribution in [-0.2, 0) is 6.42 Å². The minimum absolute atomic E-state index is 0.0368. The van der Waals surface area contributed by atoms with Gasteiger partial charge in [0, 0.05) is 44.9 Å². The number of nitrogens with two attached hydrogens (primary N) is 1. The lowest BCUT2D eigenvalue weighted by atomic mass is 9.91. The molecular weight excluding hydrogens is 518 g/mol. The Morgan fingerprint density at radius 1 is 1.25 bits per heavy atom. The fourth-order valence-electron chi connectivity index (χ4n) is 4.71. The fraction of sp³-hybridized carbons (Fsp3) is 0.393. The third kappa shape index (κ3) is 5.51. The molecule has 0 spiro atoms. The maximum absolute atomic E-state index is 14.2. The number of anilines is 2. The summed E-state index contributed by atoms with van der Waals surface area (Å²) in [5.41, 5.74) is 5.95. The van der Waals surface area contributed by atoms with Crippen LogP contribution >= 0.6 is 0 Å². The first-order chi connectivity index (χ1) is 19.1. The molecule has 5 rings (SSSR count). The SMILES string of the molecule is C#C.CCC1(O)CN(c2ccc(C(=O)N(C)[C@@H](C)CCCc3nc4c5cc(F)cc(F)c5nc(N)n4n3)cn2)C1. The number of aliphatic hydroxyl groups is 1. The first-order valence-electron chi connectivity index (χ1n) is 12.9. The Morgan fingerprint density at radius 3 is 2.62 bits per heavy atom. The summed E-state index contributed by atoms with van der Waals surface area (Å²) in [5.74, 6) is -0.504. The van der Waals surface area contributed by atoms with E-state index in [1.165, 1.54) is 4.52 Å². The summed E-state index contributed by atoms with van der Waals surface area (Å²) < 4.78 is 29.3. The van der Waals surface area contributed by atoms with E-state index in [-0.39, 0.29) is 34.4 Å². The molecule has 3 aromatic heterocycles. The maximum Gasteiger partial charge on any atom is 0.255 e. The van der Waals surface area contributed by atoms with Crippen LogP contribution in [0.15, 0.2) is 30.5 Å². The van der Waals surface area contributed by atoms with Crippen molar-refractivity contribution in [1.82, 2.24) is 29.5 Å². The van der Waals surface area contributed by atoms with Gasteiger partial charge in [0.25, 0.3) is 5.91 Å². The molecule has 4 aromatic rings. The summed E-state index contributed by atoms with van der Waals surface area (Å²) >= 11 is 0. The lowest BCUT2D eigenvalue weighted by Gasteiger charge is -2.46. The van der Waals surface area contributed by atoms with Gasteiger partial charge in [-0.3, -0.25) is 4.79 Å². The van der Waals surface area contributed by atoms with Gasteiger partial charge in [-0.1, -0.05) is 6.92 Å². The monoisotopic (exact) mass is 550 g/mol. The molecule has 1 amide bonds. The number of pyridine rings is 1. The zero-order valence-corrected chi connectivity index (χ0v) is 22.7. The van der Waals surface area contributed by atoms with Gasteiger partial charge in [-0.25, -0.2) is 23.7 Å². The number of hydrogen-bond donors (Lipinski definition) is 2. The average Bonchev–Trinajstić information content (AvgIpc) is 3.37. The van der Waals surface area contributed by atoms with Gasteiger partial charge in [0.1, 0.15) is 17.2 Å². The van der Waals surface area contributed by atoms with E-state index >= 15 is 0 Å². The van der Waals surface area contributed by atoms with E-state index in [1.54, 1.807) is 30.3 Å². The predicted molar refractivity (Wildman–Crippen MR) is 149 cm³/mol. The first-order valence-corrected chi connectivity index (χ1v) is 12.9. The Balaban J connectivity index is 0.00000181. The molecule has 12 heteroatoms. The van der Waals surface area contributed by atoms with E-state index in [9.17, 15) is 18.7 Å². The normalized spacial score (nSPS) is 14.8. The number of β-amino-alcohol motifs (C(OH)–C–C–N with tert-alkyl or cyclic N) is 1. The van der Waals surface area contributed by atoms with Crippen molar-refractivity contribution >= 4 is 34.2 Å². The van der Waals surface area contributed by atoms with Crippen LogP contribution in [0, 0.1) is 24.5 Å². The van der Waals surface area contributed by atoms with Crippen LogP contribution < -0.4 is 10.6 Å². The zero-order chi connectivity index (χ0) is 29.2. The Labute approximate surface area is 230 Å². The average molecular weight is 551 g/mol. The third-order valence-electron chi connectivity index (χ3n) is 7.31. The minimum Gasteiger partial charge on any atom is -0.386 e. The van der Waals surface area contributed by atoms with E-state index in [0.29, 0.717) is 50.2 Å². The number of amides is 1. The summed E-state index contributed by atoms with van der Waals surface area (Å²) in [7, 11) is 1.75. The molecule has 0 radical (unpaired) electrons. The molecule has 0 aliphatic carbocycles. The Bertz CT molecular complexity index is 1550. The van der Waals surface area contributed by atoms with Crippen molar-refractivity contribution in [2.45, 2.75) is 51.2 Å². The van der Waals surface area contributed by atoms with Gasteiger partial charge in [0.15, 0.2) is 17.3 Å². The molecular formula is C28H32F2N8O2. The van der Waals surface area contributed by atoms with Gasteiger partial charge in [-0.05, 0) is 44.4 Å². The molecule has 1 aliphatic heterocycles. The number of terminal acetylenes is 1. The Morgan fingerprint density at radius 2 is 1.98 bits per heavy atom. The van der Waals surface area contributed by atoms with Crippen LogP contribution in [0.2, 0.25) is 0 Å². The van der Waals surface area contributed by atoms with Crippen LogP contribution in [0.3, 0.4) is 0 Å². The topological polar surface area (TPSA) is 126 Å². The van der Waals surface area contributed by atoms with Crippen molar-refractivity contribution in [2.24, 2.45) is 0 Å². The summed E-state index contributed by atoms with van der Waals surface area (Å²) in [5, 5.41) is 14.8. The van der Waals surface area contributed by atoms with Crippen molar-refractivity contribution in [3.63, 3.8) is 0 Å². The molecule has 1 atom stereocenters. The number of benzene rings is 1. The van der Waals surface area contributed by atoms with Crippen LogP contribution in [0.25, 0.3) is 16.6 Å².